The lowest BCUT2D eigenvalue weighted by Crippen LogP contribution is -3.14. The van der Waals surface area contributed by atoms with E-state index in [2.05, 4.69) is 10.6 Å². The number of amides is 2. The summed E-state index contributed by atoms with van der Waals surface area (Å²) in [6.45, 7) is 8.73. The fourth-order valence-electron chi connectivity index (χ4n) is 2.03. The SMILES string of the molecule is CC[NH+](CC(=O)Nc1c(Cl)cccc1Cl)CC(=O)NC(C)(C)C. The lowest BCUT2D eigenvalue weighted by atomic mass is 10.1. The molecule has 1 atom stereocenters. The molecule has 0 bridgehead atoms. The minimum absolute atomic E-state index is 0.0853. The fourth-order valence-corrected chi connectivity index (χ4v) is 2.52. The molecule has 1 aromatic rings. The van der Waals surface area contributed by atoms with Crippen LogP contribution in [0.5, 0.6) is 0 Å². The van der Waals surface area contributed by atoms with E-state index < -0.39 is 0 Å². The molecule has 0 aromatic heterocycles. The predicted octanol–water partition coefficient (Wildman–Crippen LogP) is 1.75. The summed E-state index contributed by atoms with van der Waals surface area (Å²) < 4.78 is 0. The van der Waals surface area contributed by atoms with Crippen molar-refractivity contribution in [2.24, 2.45) is 0 Å². The van der Waals surface area contributed by atoms with Crippen LogP contribution in [0.3, 0.4) is 0 Å². The molecule has 0 saturated carbocycles. The molecular formula is C16H24Cl2N3O2+. The normalized spacial score (nSPS) is 12.6. The van der Waals surface area contributed by atoms with Gasteiger partial charge in [0, 0.05) is 5.54 Å². The zero-order valence-electron chi connectivity index (χ0n) is 13.9. The van der Waals surface area contributed by atoms with Gasteiger partial charge in [-0.2, -0.15) is 0 Å². The van der Waals surface area contributed by atoms with Gasteiger partial charge in [-0.3, -0.25) is 9.59 Å². The van der Waals surface area contributed by atoms with E-state index in [9.17, 15) is 9.59 Å². The van der Waals surface area contributed by atoms with Crippen molar-refractivity contribution in [2.45, 2.75) is 33.2 Å². The van der Waals surface area contributed by atoms with Gasteiger partial charge in [0.15, 0.2) is 13.1 Å². The summed E-state index contributed by atoms with van der Waals surface area (Å²) in [5.41, 5.74) is 0.110. The standard InChI is InChI=1S/C16H23Cl2N3O2/c1-5-21(10-14(23)20-16(2,3)4)9-13(22)19-15-11(17)7-6-8-12(15)18/h6-8H,5,9-10H2,1-4H3,(H,19,22)(H,20,23)/p+1. The first kappa shape index (κ1) is 19.7. The lowest BCUT2D eigenvalue weighted by Gasteiger charge is -2.23. The third-order valence-corrected chi connectivity index (χ3v) is 3.69. The minimum Gasteiger partial charge on any atom is -0.347 e. The topological polar surface area (TPSA) is 62.6 Å². The Labute approximate surface area is 147 Å². The van der Waals surface area contributed by atoms with Gasteiger partial charge in [-0.25, -0.2) is 0 Å². The van der Waals surface area contributed by atoms with Crippen molar-refractivity contribution < 1.29 is 14.5 Å². The summed E-state index contributed by atoms with van der Waals surface area (Å²) >= 11 is 12.1. The van der Waals surface area contributed by atoms with Crippen molar-refractivity contribution in [3.8, 4) is 0 Å². The number of carbonyl (C=O) groups excluding carboxylic acids is 2. The van der Waals surface area contributed by atoms with E-state index >= 15 is 0 Å². The van der Waals surface area contributed by atoms with Crippen molar-refractivity contribution in [1.82, 2.24) is 5.32 Å². The average Bonchev–Trinajstić information content (AvgIpc) is 2.40. The monoisotopic (exact) mass is 360 g/mol. The maximum absolute atomic E-state index is 12.2. The number of quaternary nitrogens is 1. The van der Waals surface area contributed by atoms with E-state index in [1.165, 1.54) is 0 Å². The third kappa shape index (κ3) is 7.20. The molecule has 0 aliphatic rings. The number of likely N-dealkylation sites (N-methyl/N-ethyl adjacent to an activating group) is 1. The molecule has 0 saturated heterocycles. The molecule has 1 unspecified atom stereocenters. The van der Waals surface area contributed by atoms with E-state index in [0.29, 0.717) is 22.3 Å². The number of benzene rings is 1. The first-order valence-electron chi connectivity index (χ1n) is 7.51. The molecule has 3 N–H and O–H groups in total. The van der Waals surface area contributed by atoms with Crippen LogP contribution >= 0.6 is 23.2 Å². The number of hydrogen-bond acceptors (Lipinski definition) is 2. The number of carbonyl (C=O) groups is 2. The zero-order valence-corrected chi connectivity index (χ0v) is 15.4. The minimum atomic E-state index is -0.288. The van der Waals surface area contributed by atoms with Crippen LogP contribution in [0, 0.1) is 0 Å². The number of anilines is 1. The molecule has 0 heterocycles. The average molecular weight is 361 g/mol. The van der Waals surface area contributed by atoms with Crippen LogP contribution in [-0.4, -0.2) is 37.0 Å². The molecule has 5 nitrogen and oxygen atoms in total. The number of nitrogens with one attached hydrogen (secondary N) is 3. The van der Waals surface area contributed by atoms with Crippen molar-refractivity contribution >= 4 is 40.7 Å². The Morgan fingerprint density at radius 1 is 1.09 bits per heavy atom. The molecule has 0 aliphatic carbocycles. The van der Waals surface area contributed by atoms with Crippen LogP contribution in [0.25, 0.3) is 0 Å². The summed E-state index contributed by atoms with van der Waals surface area (Å²) in [4.78, 5) is 25.0. The molecule has 1 aromatic carbocycles. The van der Waals surface area contributed by atoms with Gasteiger partial charge in [0.2, 0.25) is 0 Å². The Balaban J connectivity index is 2.62. The maximum Gasteiger partial charge on any atom is 0.279 e. The number of hydrogen-bond donors (Lipinski definition) is 3. The largest absolute Gasteiger partial charge is 0.347 e. The maximum atomic E-state index is 12.2. The third-order valence-electron chi connectivity index (χ3n) is 3.06. The smallest absolute Gasteiger partial charge is 0.279 e. The predicted molar refractivity (Wildman–Crippen MR) is 94.2 cm³/mol. The van der Waals surface area contributed by atoms with E-state index in [1.807, 2.05) is 27.7 Å². The van der Waals surface area contributed by atoms with E-state index in [4.69, 9.17) is 23.2 Å². The van der Waals surface area contributed by atoms with Crippen molar-refractivity contribution in [2.75, 3.05) is 25.0 Å². The molecule has 1 rings (SSSR count). The Morgan fingerprint density at radius 3 is 2.09 bits per heavy atom. The molecule has 0 aliphatic heterocycles. The summed E-state index contributed by atoms with van der Waals surface area (Å²) in [5, 5.41) is 6.37. The van der Waals surface area contributed by atoms with Crippen LogP contribution in [0.4, 0.5) is 5.69 Å². The summed E-state index contributed by atoms with van der Waals surface area (Å²) in [6, 6.07) is 5.02. The van der Waals surface area contributed by atoms with Gasteiger partial charge >= 0.3 is 0 Å². The summed E-state index contributed by atoms with van der Waals surface area (Å²) in [6.07, 6.45) is 0. The highest BCUT2D eigenvalue weighted by Crippen LogP contribution is 2.29. The molecule has 0 radical (unpaired) electrons. The number of rotatable bonds is 6. The van der Waals surface area contributed by atoms with E-state index in [0.717, 1.165) is 4.90 Å². The molecule has 0 fully saturated rings. The van der Waals surface area contributed by atoms with Crippen molar-refractivity contribution in [3.63, 3.8) is 0 Å². The Morgan fingerprint density at radius 2 is 1.61 bits per heavy atom. The van der Waals surface area contributed by atoms with Crippen LogP contribution < -0.4 is 15.5 Å². The van der Waals surface area contributed by atoms with Crippen LogP contribution in [0.1, 0.15) is 27.7 Å². The lowest BCUT2D eigenvalue weighted by molar-refractivity contribution is -0.881. The highest BCUT2D eigenvalue weighted by atomic mass is 35.5. The zero-order chi connectivity index (χ0) is 17.6. The molecule has 2 amide bonds. The van der Waals surface area contributed by atoms with E-state index in [-0.39, 0.29) is 30.4 Å². The van der Waals surface area contributed by atoms with Crippen LogP contribution in [0.15, 0.2) is 18.2 Å². The molecular weight excluding hydrogens is 337 g/mol. The Kier molecular flexibility index (Phi) is 7.32. The Hall–Kier alpha value is -1.30. The second kappa shape index (κ2) is 8.52. The van der Waals surface area contributed by atoms with Crippen LogP contribution in [0.2, 0.25) is 10.0 Å². The molecule has 0 spiro atoms. The van der Waals surface area contributed by atoms with Gasteiger partial charge < -0.3 is 15.5 Å². The fraction of sp³-hybridized carbons (Fsp3) is 0.500. The van der Waals surface area contributed by atoms with Gasteiger partial charge in [0.25, 0.3) is 11.8 Å². The van der Waals surface area contributed by atoms with Gasteiger partial charge in [-0.1, -0.05) is 29.3 Å². The van der Waals surface area contributed by atoms with Crippen molar-refractivity contribution in [1.29, 1.82) is 0 Å². The van der Waals surface area contributed by atoms with E-state index in [1.54, 1.807) is 18.2 Å². The van der Waals surface area contributed by atoms with Crippen LogP contribution in [-0.2, 0) is 9.59 Å². The van der Waals surface area contributed by atoms with Gasteiger partial charge in [-0.15, -0.1) is 0 Å². The Bertz CT molecular complexity index is 551. The van der Waals surface area contributed by atoms with Gasteiger partial charge in [-0.05, 0) is 39.8 Å². The second-order valence-corrected chi connectivity index (χ2v) is 7.21. The van der Waals surface area contributed by atoms with Gasteiger partial charge in [0.1, 0.15) is 0 Å². The van der Waals surface area contributed by atoms with Crippen molar-refractivity contribution in [3.05, 3.63) is 28.2 Å². The highest BCUT2D eigenvalue weighted by Gasteiger charge is 2.21. The molecule has 128 valence electrons. The van der Waals surface area contributed by atoms with Gasteiger partial charge in [0.05, 0.1) is 22.3 Å². The molecule has 7 heteroatoms. The highest BCUT2D eigenvalue weighted by molar-refractivity contribution is 6.39. The summed E-state index contributed by atoms with van der Waals surface area (Å²) in [7, 11) is 0. The number of halogens is 2. The quantitative estimate of drug-likeness (QED) is 0.723. The first-order chi connectivity index (χ1) is 10.6. The second-order valence-electron chi connectivity index (χ2n) is 6.40. The summed E-state index contributed by atoms with van der Waals surface area (Å²) in [5.74, 6) is -0.321. The first-order valence-corrected chi connectivity index (χ1v) is 8.26. The number of para-hydroxylation sites is 1. The molecule has 23 heavy (non-hydrogen) atoms.